The summed E-state index contributed by atoms with van der Waals surface area (Å²) in [5, 5.41) is 2.89. The minimum atomic E-state index is -3.35. The van der Waals surface area contributed by atoms with Gasteiger partial charge in [-0.2, -0.15) is 4.31 Å². The fourth-order valence-electron chi connectivity index (χ4n) is 3.84. The molecule has 0 bridgehead atoms. The van der Waals surface area contributed by atoms with E-state index in [9.17, 15) is 13.2 Å². The number of piperidine rings is 1. The summed E-state index contributed by atoms with van der Waals surface area (Å²) >= 11 is 0. The first-order chi connectivity index (χ1) is 12.5. The zero-order valence-electron chi connectivity index (χ0n) is 15.5. The van der Waals surface area contributed by atoms with Gasteiger partial charge >= 0.3 is 0 Å². The van der Waals surface area contributed by atoms with Crippen LogP contribution in [0.4, 0.5) is 11.4 Å². The molecule has 3 rings (SSSR count). The number of amides is 1. The predicted molar refractivity (Wildman–Crippen MR) is 105 cm³/mol. The van der Waals surface area contributed by atoms with Crippen molar-refractivity contribution in [2.75, 3.05) is 35.6 Å². The van der Waals surface area contributed by atoms with E-state index >= 15 is 0 Å². The lowest BCUT2D eigenvalue weighted by Gasteiger charge is -2.29. The number of carbonyl (C=O) groups excluding carboxylic acids is 1. The minimum absolute atomic E-state index is 0.0985. The summed E-state index contributed by atoms with van der Waals surface area (Å²) in [6, 6.07) is 7.28. The number of hydrogen-bond donors (Lipinski definition) is 1. The van der Waals surface area contributed by atoms with Gasteiger partial charge < -0.3 is 10.2 Å². The van der Waals surface area contributed by atoms with Crippen LogP contribution < -0.4 is 10.2 Å². The van der Waals surface area contributed by atoms with Crippen molar-refractivity contribution in [1.29, 1.82) is 0 Å². The van der Waals surface area contributed by atoms with Crippen LogP contribution in [0.1, 0.15) is 45.4 Å². The standard InChI is InChI=1S/C19H29N3O3S/c1-2-15-26(24,25)22-14-6-7-18(22)19(23)20-16-8-10-17(11-9-16)21-12-4-3-5-13-21/h8-11,18H,2-7,12-15H2,1H3,(H,20,23). The van der Waals surface area contributed by atoms with E-state index < -0.39 is 16.1 Å². The summed E-state index contributed by atoms with van der Waals surface area (Å²) in [5.41, 5.74) is 1.89. The van der Waals surface area contributed by atoms with Crippen molar-refractivity contribution in [3.63, 3.8) is 0 Å². The van der Waals surface area contributed by atoms with Crippen LogP contribution in [0.5, 0.6) is 0 Å². The van der Waals surface area contributed by atoms with Gasteiger partial charge in [0.1, 0.15) is 6.04 Å². The summed E-state index contributed by atoms with van der Waals surface area (Å²) < 4.78 is 26.1. The molecule has 1 amide bonds. The normalized spacial score (nSPS) is 21.7. The number of sulfonamides is 1. The first-order valence-electron chi connectivity index (χ1n) is 9.66. The molecule has 7 heteroatoms. The van der Waals surface area contributed by atoms with Gasteiger partial charge in [0.15, 0.2) is 0 Å². The third-order valence-electron chi connectivity index (χ3n) is 5.18. The third kappa shape index (κ3) is 4.38. The van der Waals surface area contributed by atoms with E-state index in [2.05, 4.69) is 10.2 Å². The second-order valence-electron chi connectivity index (χ2n) is 7.17. The largest absolute Gasteiger partial charge is 0.372 e. The maximum Gasteiger partial charge on any atom is 0.242 e. The Kier molecular flexibility index (Phi) is 6.19. The summed E-state index contributed by atoms with van der Waals surface area (Å²) in [5.74, 6) is -0.130. The van der Waals surface area contributed by atoms with Crippen LogP contribution in [-0.4, -0.2) is 50.1 Å². The van der Waals surface area contributed by atoms with Crippen LogP contribution in [0.2, 0.25) is 0 Å². The van der Waals surface area contributed by atoms with E-state index in [0.29, 0.717) is 19.4 Å². The molecule has 0 radical (unpaired) electrons. The molecule has 1 aromatic carbocycles. The average Bonchev–Trinajstić information content (AvgIpc) is 3.14. The number of nitrogens with one attached hydrogen (secondary N) is 1. The maximum absolute atomic E-state index is 12.6. The maximum atomic E-state index is 12.6. The summed E-state index contributed by atoms with van der Waals surface area (Å²) in [6.07, 6.45) is 5.62. The van der Waals surface area contributed by atoms with Gasteiger partial charge in [0.2, 0.25) is 15.9 Å². The molecule has 0 saturated carbocycles. The van der Waals surface area contributed by atoms with Crippen molar-refractivity contribution >= 4 is 27.3 Å². The Morgan fingerprint density at radius 2 is 1.77 bits per heavy atom. The molecule has 0 aromatic heterocycles. The van der Waals surface area contributed by atoms with Crippen molar-refractivity contribution in [3.05, 3.63) is 24.3 Å². The molecule has 1 aromatic rings. The SMILES string of the molecule is CCCS(=O)(=O)N1CCCC1C(=O)Nc1ccc(N2CCCCC2)cc1. The van der Waals surface area contributed by atoms with Crippen LogP contribution in [0.25, 0.3) is 0 Å². The molecule has 0 aliphatic carbocycles. The summed E-state index contributed by atoms with van der Waals surface area (Å²) in [4.78, 5) is 15.0. The van der Waals surface area contributed by atoms with Gasteiger partial charge in [0.25, 0.3) is 0 Å². The molecule has 1 atom stereocenters. The zero-order chi connectivity index (χ0) is 18.6. The van der Waals surface area contributed by atoms with Crippen molar-refractivity contribution in [2.24, 2.45) is 0 Å². The van der Waals surface area contributed by atoms with Crippen LogP contribution in [-0.2, 0) is 14.8 Å². The van der Waals surface area contributed by atoms with E-state index in [-0.39, 0.29) is 11.7 Å². The van der Waals surface area contributed by atoms with E-state index in [4.69, 9.17) is 0 Å². The number of benzene rings is 1. The summed E-state index contributed by atoms with van der Waals surface area (Å²) in [7, 11) is -3.35. The topological polar surface area (TPSA) is 69.7 Å². The van der Waals surface area contributed by atoms with Crippen molar-refractivity contribution in [2.45, 2.75) is 51.5 Å². The highest BCUT2D eigenvalue weighted by Gasteiger charge is 2.38. The van der Waals surface area contributed by atoms with Gasteiger partial charge in [-0.1, -0.05) is 6.92 Å². The van der Waals surface area contributed by atoms with E-state index in [1.165, 1.54) is 29.3 Å². The molecule has 2 saturated heterocycles. The third-order valence-corrected chi connectivity index (χ3v) is 7.26. The molecule has 2 aliphatic heterocycles. The van der Waals surface area contributed by atoms with Gasteiger partial charge in [-0.3, -0.25) is 4.79 Å². The van der Waals surface area contributed by atoms with Crippen LogP contribution in [0.3, 0.4) is 0 Å². The summed E-state index contributed by atoms with van der Waals surface area (Å²) in [6.45, 7) is 4.44. The Morgan fingerprint density at radius 3 is 2.42 bits per heavy atom. The molecule has 26 heavy (non-hydrogen) atoms. The molecule has 2 heterocycles. The van der Waals surface area contributed by atoms with Crippen LogP contribution in [0.15, 0.2) is 24.3 Å². The Morgan fingerprint density at radius 1 is 1.08 bits per heavy atom. The Balaban J connectivity index is 1.63. The van der Waals surface area contributed by atoms with Crippen LogP contribution >= 0.6 is 0 Å². The molecule has 1 N–H and O–H groups in total. The quantitative estimate of drug-likeness (QED) is 0.825. The molecule has 0 spiro atoms. The Bertz CT molecular complexity index is 712. The lowest BCUT2D eigenvalue weighted by atomic mass is 10.1. The number of nitrogens with zero attached hydrogens (tertiary/aromatic N) is 2. The van der Waals surface area contributed by atoms with Gasteiger partial charge in [-0.05, 0) is 62.8 Å². The molecular weight excluding hydrogens is 350 g/mol. The van der Waals surface area contributed by atoms with Crippen molar-refractivity contribution in [3.8, 4) is 0 Å². The fourth-order valence-corrected chi connectivity index (χ4v) is 5.59. The highest BCUT2D eigenvalue weighted by atomic mass is 32.2. The predicted octanol–water partition coefficient (Wildman–Crippen LogP) is 2.82. The number of anilines is 2. The molecule has 6 nitrogen and oxygen atoms in total. The Labute approximate surface area is 156 Å². The molecule has 144 valence electrons. The molecule has 2 aliphatic rings. The number of hydrogen-bond acceptors (Lipinski definition) is 4. The average molecular weight is 380 g/mol. The van der Waals surface area contributed by atoms with Gasteiger partial charge in [0, 0.05) is 31.0 Å². The van der Waals surface area contributed by atoms with Gasteiger partial charge in [0.05, 0.1) is 5.75 Å². The smallest absolute Gasteiger partial charge is 0.242 e. The Hall–Kier alpha value is -1.60. The van der Waals surface area contributed by atoms with E-state index in [1.807, 2.05) is 31.2 Å². The van der Waals surface area contributed by atoms with Crippen molar-refractivity contribution in [1.82, 2.24) is 4.31 Å². The van der Waals surface area contributed by atoms with Gasteiger partial charge in [-0.25, -0.2) is 8.42 Å². The zero-order valence-corrected chi connectivity index (χ0v) is 16.3. The monoisotopic (exact) mass is 379 g/mol. The second kappa shape index (κ2) is 8.39. The van der Waals surface area contributed by atoms with Crippen molar-refractivity contribution < 1.29 is 13.2 Å². The molecule has 2 fully saturated rings. The fraction of sp³-hybridized carbons (Fsp3) is 0.632. The lowest BCUT2D eigenvalue weighted by molar-refractivity contribution is -0.119. The number of rotatable bonds is 6. The van der Waals surface area contributed by atoms with Gasteiger partial charge in [-0.15, -0.1) is 0 Å². The lowest BCUT2D eigenvalue weighted by Crippen LogP contribution is -2.44. The molecular formula is C19H29N3O3S. The second-order valence-corrected chi connectivity index (χ2v) is 9.21. The highest BCUT2D eigenvalue weighted by Crippen LogP contribution is 2.25. The first kappa shape index (κ1) is 19.2. The van der Waals surface area contributed by atoms with E-state index in [1.54, 1.807) is 0 Å². The highest BCUT2D eigenvalue weighted by molar-refractivity contribution is 7.89. The number of carbonyl (C=O) groups is 1. The molecule has 1 unspecified atom stereocenters. The first-order valence-corrected chi connectivity index (χ1v) is 11.3. The minimum Gasteiger partial charge on any atom is -0.372 e. The van der Waals surface area contributed by atoms with Crippen LogP contribution in [0, 0.1) is 0 Å². The van der Waals surface area contributed by atoms with E-state index in [0.717, 1.165) is 25.2 Å².